The largest absolute Gasteiger partial charge is 0.493 e. The van der Waals surface area contributed by atoms with E-state index in [0.29, 0.717) is 23.5 Å². The van der Waals surface area contributed by atoms with Gasteiger partial charge in [0.25, 0.3) is 0 Å². The van der Waals surface area contributed by atoms with Gasteiger partial charge in [0.2, 0.25) is 0 Å². The topological polar surface area (TPSA) is 77.4 Å². The lowest BCUT2D eigenvalue weighted by Crippen LogP contribution is -2.11. The Morgan fingerprint density at radius 1 is 1.37 bits per heavy atom. The number of hydrogen-bond donors (Lipinski definition) is 1. The second kappa shape index (κ2) is 7.97. The highest BCUT2D eigenvalue weighted by molar-refractivity contribution is 5.80. The summed E-state index contributed by atoms with van der Waals surface area (Å²) >= 11 is 0. The fraction of sp³-hybridized carbons (Fsp3) is 0.385. The van der Waals surface area contributed by atoms with Gasteiger partial charge in [-0.3, -0.25) is 4.79 Å². The van der Waals surface area contributed by atoms with Gasteiger partial charge in [-0.1, -0.05) is 12.1 Å². The van der Waals surface area contributed by atoms with Crippen LogP contribution in [0.15, 0.2) is 23.4 Å². The highest BCUT2D eigenvalue weighted by atomic mass is 16.6. The summed E-state index contributed by atoms with van der Waals surface area (Å²) in [5.74, 6) is 0.787. The number of carbonyl (C=O) groups excluding carboxylic acids is 1. The van der Waals surface area contributed by atoms with Crippen LogP contribution in [0.5, 0.6) is 11.5 Å². The number of esters is 1. The molecule has 104 valence electrons. The molecule has 0 amide bonds. The highest BCUT2D eigenvalue weighted by Crippen LogP contribution is 2.27. The van der Waals surface area contributed by atoms with Gasteiger partial charge in [0.1, 0.15) is 13.2 Å². The van der Waals surface area contributed by atoms with Gasteiger partial charge in [-0.25, -0.2) is 0 Å². The van der Waals surface area contributed by atoms with Crippen molar-refractivity contribution in [3.8, 4) is 11.5 Å². The molecule has 1 aromatic rings. The van der Waals surface area contributed by atoms with Crippen LogP contribution < -0.4 is 9.47 Å². The van der Waals surface area contributed by atoms with Crippen LogP contribution in [0.3, 0.4) is 0 Å². The van der Waals surface area contributed by atoms with E-state index in [2.05, 4.69) is 5.16 Å². The van der Waals surface area contributed by atoms with Crippen LogP contribution in [0.1, 0.15) is 18.9 Å². The number of carbonyl (C=O) groups is 1. The van der Waals surface area contributed by atoms with Gasteiger partial charge >= 0.3 is 5.97 Å². The second-order valence-corrected chi connectivity index (χ2v) is 3.58. The third kappa shape index (κ3) is 4.87. The summed E-state index contributed by atoms with van der Waals surface area (Å²) in [6.45, 7) is 2.17. The molecule has 0 heterocycles. The first-order valence-corrected chi connectivity index (χ1v) is 5.85. The van der Waals surface area contributed by atoms with Gasteiger partial charge in [0, 0.05) is 12.0 Å². The lowest BCUT2D eigenvalue weighted by Gasteiger charge is -2.11. The summed E-state index contributed by atoms with van der Waals surface area (Å²) in [6.07, 6.45) is 1.63. The quantitative estimate of drug-likeness (QED) is 0.268. The van der Waals surface area contributed by atoms with Crippen LogP contribution in [0.4, 0.5) is 0 Å². The molecule has 1 rings (SSSR count). The van der Waals surface area contributed by atoms with Crippen molar-refractivity contribution >= 4 is 12.2 Å². The third-order valence-electron chi connectivity index (χ3n) is 2.29. The maximum absolute atomic E-state index is 10.9. The molecule has 0 bridgehead atoms. The summed E-state index contributed by atoms with van der Waals surface area (Å²) in [5.41, 5.74) is 0.684. The molecule has 0 atom stereocenters. The number of oxime groups is 1. The lowest BCUT2D eigenvalue weighted by molar-refractivity contribution is -0.143. The minimum Gasteiger partial charge on any atom is -0.493 e. The summed E-state index contributed by atoms with van der Waals surface area (Å²) < 4.78 is 15.5. The van der Waals surface area contributed by atoms with E-state index in [-0.39, 0.29) is 19.2 Å². The Morgan fingerprint density at radius 2 is 2.16 bits per heavy atom. The zero-order valence-corrected chi connectivity index (χ0v) is 11.0. The van der Waals surface area contributed by atoms with E-state index in [4.69, 9.17) is 19.4 Å². The van der Waals surface area contributed by atoms with E-state index in [1.807, 2.05) is 0 Å². The number of methoxy groups -OCH3 is 1. The normalized spacial score (nSPS) is 10.4. The molecular weight excluding hydrogens is 250 g/mol. The molecule has 0 spiro atoms. The molecule has 0 aromatic heterocycles. The number of hydrogen-bond acceptors (Lipinski definition) is 6. The summed E-state index contributed by atoms with van der Waals surface area (Å²) in [6, 6.07) is 5.08. The smallest absolute Gasteiger partial charge is 0.305 e. The summed E-state index contributed by atoms with van der Waals surface area (Å²) in [7, 11) is 1.51. The first-order chi connectivity index (χ1) is 9.21. The third-order valence-corrected chi connectivity index (χ3v) is 2.29. The highest BCUT2D eigenvalue weighted by Gasteiger charge is 2.05. The Morgan fingerprint density at radius 3 is 2.79 bits per heavy atom. The van der Waals surface area contributed by atoms with Gasteiger partial charge in [-0.05, 0) is 18.2 Å². The van der Waals surface area contributed by atoms with Crippen molar-refractivity contribution < 1.29 is 24.2 Å². The van der Waals surface area contributed by atoms with Gasteiger partial charge < -0.3 is 19.4 Å². The number of nitrogens with zero attached hydrogens (tertiary/aromatic N) is 1. The Kier molecular flexibility index (Phi) is 6.21. The predicted octanol–water partition coefficient (Wildman–Crippen LogP) is 1.84. The Hall–Kier alpha value is -2.24. The maximum Gasteiger partial charge on any atom is 0.305 e. The van der Waals surface area contributed by atoms with Crippen LogP contribution in [-0.2, 0) is 9.53 Å². The number of benzene rings is 1. The average Bonchev–Trinajstić information content (AvgIpc) is 2.44. The Balaban J connectivity index is 2.55. The zero-order chi connectivity index (χ0) is 14.1. The molecule has 1 aromatic carbocycles. The molecule has 0 saturated heterocycles. The molecule has 19 heavy (non-hydrogen) atoms. The minimum absolute atomic E-state index is 0.190. The fourth-order valence-corrected chi connectivity index (χ4v) is 1.36. The molecule has 0 aliphatic heterocycles. The molecule has 0 unspecified atom stereocenters. The molecule has 0 fully saturated rings. The van der Waals surface area contributed by atoms with Crippen LogP contribution in [-0.4, -0.2) is 37.7 Å². The monoisotopic (exact) mass is 267 g/mol. The molecule has 6 heteroatoms. The SMILES string of the molecule is CCC(=O)OCCOc1ccc(/C=N/O)cc1OC. The standard InChI is InChI=1S/C13H17NO5/c1-3-13(15)19-7-6-18-11-5-4-10(9-14-16)8-12(11)17-2/h4-5,8-9,16H,3,6-7H2,1-2H3/b14-9+. The molecule has 0 radical (unpaired) electrons. The summed E-state index contributed by atoms with van der Waals surface area (Å²) in [4.78, 5) is 10.9. The van der Waals surface area contributed by atoms with Gasteiger partial charge in [0.15, 0.2) is 11.5 Å². The van der Waals surface area contributed by atoms with Gasteiger partial charge in [-0.2, -0.15) is 0 Å². The molecule has 1 N–H and O–H groups in total. The fourth-order valence-electron chi connectivity index (χ4n) is 1.36. The van der Waals surface area contributed by atoms with E-state index in [1.54, 1.807) is 25.1 Å². The Bertz CT molecular complexity index is 445. The summed E-state index contributed by atoms with van der Waals surface area (Å²) in [5, 5.41) is 11.4. The second-order valence-electron chi connectivity index (χ2n) is 3.58. The maximum atomic E-state index is 10.9. The van der Waals surface area contributed by atoms with E-state index in [1.165, 1.54) is 13.3 Å². The van der Waals surface area contributed by atoms with Gasteiger partial charge in [-0.15, -0.1) is 0 Å². The molecule has 6 nitrogen and oxygen atoms in total. The van der Waals surface area contributed by atoms with E-state index in [9.17, 15) is 4.79 Å². The number of ether oxygens (including phenoxy) is 3. The molecule has 0 aliphatic carbocycles. The molecular formula is C13H17NO5. The first-order valence-electron chi connectivity index (χ1n) is 5.85. The van der Waals surface area contributed by atoms with E-state index >= 15 is 0 Å². The van der Waals surface area contributed by atoms with Crippen LogP contribution >= 0.6 is 0 Å². The van der Waals surface area contributed by atoms with E-state index < -0.39 is 0 Å². The van der Waals surface area contributed by atoms with Crippen molar-refractivity contribution in [2.24, 2.45) is 5.16 Å². The lowest BCUT2D eigenvalue weighted by atomic mass is 10.2. The average molecular weight is 267 g/mol. The molecule has 0 saturated carbocycles. The van der Waals surface area contributed by atoms with Crippen LogP contribution in [0.25, 0.3) is 0 Å². The predicted molar refractivity (Wildman–Crippen MR) is 69.1 cm³/mol. The minimum atomic E-state index is -0.259. The number of rotatable bonds is 7. The van der Waals surface area contributed by atoms with Crippen molar-refractivity contribution in [3.63, 3.8) is 0 Å². The van der Waals surface area contributed by atoms with Crippen molar-refractivity contribution in [1.82, 2.24) is 0 Å². The first kappa shape index (κ1) is 14.8. The van der Waals surface area contributed by atoms with Crippen molar-refractivity contribution in [2.45, 2.75) is 13.3 Å². The zero-order valence-electron chi connectivity index (χ0n) is 11.0. The van der Waals surface area contributed by atoms with Crippen LogP contribution in [0, 0.1) is 0 Å². The van der Waals surface area contributed by atoms with E-state index in [0.717, 1.165) is 0 Å². The van der Waals surface area contributed by atoms with Crippen molar-refractivity contribution in [3.05, 3.63) is 23.8 Å². The van der Waals surface area contributed by atoms with Crippen LogP contribution in [0.2, 0.25) is 0 Å². The van der Waals surface area contributed by atoms with Crippen molar-refractivity contribution in [2.75, 3.05) is 20.3 Å². The van der Waals surface area contributed by atoms with Gasteiger partial charge in [0.05, 0.1) is 13.3 Å². The van der Waals surface area contributed by atoms with Crippen molar-refractivity contribution in [1.29, 1.82) is 0 Å². The molecule has 0 aliphatic rings. The Labute approximate surface area is 111 Å².